The Morgan fingerprint density at radius 2 is 2.14 bits per heavy atom. The van der Waals surface area contributed by atoms with E-state index in [1.807, 2.05) is 30.3 Å². The highest BCUT2D eigenvalue weighted by atomic mass is 32.2. The topological polar surface area (TPSA) is 72.7 Å². The fraction of sp³-hybridized carbons (Fsp3) is 0.429. The van der Waals surface area contributed by atoms with Crippen LogP contribution in [0.5, 0.6) is 0 Å². The first kappa shape index (κ1) is 14.1. The summed E-state index contributed by atoms with van der Waals surface area (Å²) < 4.78 is 1.64. The largest absolute Gasteiger partial charge is 0.355 e. The molecule has 6 nitrogen and oxygen atoms in total. The highest BCUT2D eigenvalue weighted by Gasteiger charge is 2.18. The molecule has 1 aromatic carbocycles. The lowest BCUT2D eigenvalue weighted by molar-refractivity contribution is -0.118. The van der Waals surface area contributed by atoms with E-state index in [0.29, 0.717) is 16.8 Å². The van der Waals surface area contributed by atoms with Gasteiger partial charge in [0.05, 0.1) is 11.4 Å². The molecule has 0 unspecified atom stereocenters. The standard InChI is InChI=1S/C14H17N5OS/c20-13(15-9-11-5-4-6-11)10-21-14-16-17-18-19(14)12-7-2-1-3-8-12/h1-3,7-8,11H,4-6,9-10H2,(H,15,20). The second-order valence-electron chi connectivity index (χ2n) is 5.10. The number of benzene rings is 1. The van der Waals surface area contributed by atoms with Crippen molar-refractivity contribution < 1.29 is 4.79 Å². The number of hydrogen-bond acceptors (Lipinski definition) is 5. The summed E-state index contributed by atoms with van der Waals surface area (Å²) in [5.74, 6) is 1.04. The van der Waals surface area contributed by atoms with Crippen LogP contribution in [0.1, 0.15) is 19.3 Å². The van der Waals surface area contributed by atoms with Crippen LogP contribution in [-0.2, 0) is 4.79 Å². The number of amides is 1. The van der Waals surface area contributed by atoms with Crippen LogP contribution in [0, 0.1) is 5.92 Å². The fourth-order valence-corrected chi connectivity index (χ4v) is 2.86. The molecule has 0 atom stereocenters. The third kappa shape index (κ3) is 3.60. The van der Waals surface area contributed by atoms with E-state index in [0.717, 1.165) is 12.2 Å². The summed E-state index contributed by atoms with van der Waals surface area (Å²) in [5, 5.41) is 15.2. The SMILES string of the molecule is O=C(CSc1nnnn1-c1ccccc1)NCC1CCC1. The molecule has 2 aromatic rings. The highest BCUT2D eigenvalue weighted by molar-refractivity contribution is 7.99. The van der Waals surface area contributed by atoms with Gasteiger partial charge in [0, 0.05) is 6.54 Å². The molecule has 1 aromatic heterocycles. The van der Waals surface area contributed by atoms with Crippen LogP contribution in [0.2, 0.25) is 0 Å². The maximum Gasteiger partial charge on any atom is 0.230 e. The molecule has 1 saturated carbocycles. The Kier molecular flexibility index (Phi) is 4.49. The van der Waals surface area contributed by atoms with Crippen molar-refractivity contribution >= 4 is 17.7 Å². The van der Waals surface area contributed by atoms with Crippen molar-refractivity contribution in [3.05, 3.63) is 30.3 Å². The lowest BCUT2D eigenvalue weighted by Gasteiger charge is -2.25. The van der Waals surface area contributed by atoms with Crippen LogP contribution < -0.4 is 5.32 Å². The van der Waals surface area contributed by atoms with Crippen molar-refractivity contribution in [2.75, 3.05) is 12.3 Å². The number of para-hydroxylation sites is 1. The number of tetrazole rings is 1. The zero-order valence-corrected chi connectivity index (χ0v) is 12.4. The van der Waals surface area contributed by atoms with Gasteiger partial charge in [0.15, 0.2) is 0 Å². The summed E-state index contributed by atoms with van der Waals surface area (Å²) >= 11 is 1.35. The molecule has 0 saturated heterocycles. The Morgan fingerprint density at radius 1 is 1.33 bits per heavy atom. The Hall–Kier alpha value is -1.89. The van der Waals surface area contributed by atoms with Crippen LogP contribution >= 0.6 is 11.8 Å². The number of carbonyl (C=O) groups excluding carboxylic acids is 1. The van der Waals surface area contributed by atoms with Gasteiger partial charge < -0.3 is 5.32 Å². The maximum atomic E-state index is 11.8. The van der Waals surface area contributed by atoms with Crippen LogP contribution in [-0.4, -0.2) is 38.4 Å². The normalized spacial score (nSPS) is 14.7. The second-order valence-corrected chi connectivity index (χ2v) is 6.04. The van der Waals surface area contributed by atoms with Gasteiger partial charge in [-0.05, 0) is 41.3 Å². The lowest BCUT2D eigenvalue weighted by atomic mass is 9.85. The molecular formula is C14H17N5OS. The van der Waals surface area contributed by atoms with Gasteiger partial charge >= 0.3 is 0 Å². The quantitative estimate of drug-likeness (QED) is 0.822. The number of rotatable bonds is 6. The average Bonchev–Trinajstić information content (AvgIpc) is 2.93. The predicted octanol–water partition coefficient (Wildman–Crippen LogP) is 1.67. The van der Waals surface area contributed by atoms with Crippen molar-refractivity contribution in [1.82, 2.24) is 25.5 Å². The van der Waals surface area contributed by atoms with E-state index in [-0.39, 0.29) is 5.91 Å². The maximum absolute atomic E-state index is 11.8. The van der Waals surface area contributed by atoms with Gasteiger partial charge in [-0.2, -0.15) is 4.68 Å². The van der Waals surface area contributed by atoms with E-state index < -0.39 is 0 Å². The van der Waals surface area contributed by atoms with Gasteiger partial charge in [0.25, 0.3) is 0 Å². The number of thioether (sulfide) groups is 1. The van der Waals surface area contributed by atoms with E-state index in [4.69, 9.17) is 0 Å². The predicted molar refractivity (Wildman–Crippen MR) is 80.2 cm³/mol. The van der Waals surface area contributed by atoms with Crippen LogP contribution in [0.25, 0.3) is 5.69 Å². The number of aromatic nitrogens is 4. The van der Waals surface area contributed by atoms with Gasteiger partial charge in [-0.1, -0.05) is 36.4 Å². The first-order valence-corrected chi connectivity index (χ1v) is 8.05. The van der Waals surface area contributed by atoms with Crippen molar-refractivity contribution in [2.45, 2.75) is 24.4 Å². The van der Waals surface area contributed by atoms with E-state index in [2.05, 4.69) is 20.8 Å². The Balaban J connectivity index is 1.53. The van der Waals surface area contributed by atoms with E-state index in [9.17, 15) is 4.79 Å². The molecular weight excluding hydrogens is 286 g/mol. The minimum absolute atomic E-state index is 0.0366. The molecule has 0 radical (unpaired) electrons. The van der Waals surface area contributed by atoms with Gasteiger partial charge in [0.2, 0.25) is 11.1 Å². The third-order valence-electron chi connectivity index (χ3n) is 3.59. The summed E-state index contributed by atoms with van der Waals surface area (Å²) in [6.07, 6.45) is 3.76. The first-order chi connectivity index (χ1) is 10.3. The number of hydrogen-bond donors (Lipinski definition) is 1. The summed E-state index contributed by atoms with van der Waals surface area (Å²) in [5.41, 5.74) is 0.889. The molecule has 1 heterocycles. The molecule has 7 heteroatoms. The third-order valence-corrected chi connectivity index (χ3v) is 4.51. The number of nitrogens with zero attached hydrogens (tertiary/aromatic N) is 4. The zero-order chi connectivity index (χ0) is 14.5. The molecule has 110 valence electrons. The molecule has 1 aliphatic carbocycles. The zero-order valence-electron chi connectivity index (χ0n) is 11.6. The molecule has 0 spiro atoms. The van der Waals surface area contributed by atoms with Crippen molar-refractivity contribution in [2.24, 2.45) is 5.92 Å². The van der Waals surface area contributed by atoms with Crippen LogP contribution in [0.15, 0.2) is 35.5 Å². The van der Waals surface area contributed by atoms with Crippen molar-refractivity contribution in [1.29, 1.82) is 0 Å². The lowest BCUT2D eigenvalue weighted by Crippen LogP contribution is -2.33. The van der Waals surface area contributed by atoms with Crippen molar-refractivity contribution in [3.63, 3.8) is 0 Å². The summed E-state index contributed by atoms with van der Waals surface area (Å²) in [6.45, 7) is 0.795. The molecule has 1 aliphatic rings. The molecule has 0 bridgehead atoms. The summed E-state index contributed by atoms with van der Waals surface area (Å²) in [6, 6.07) is 9.65. The summed E-state index contributed by atoms with van der Waals surface area (Å²) in [4.78, 5) is 11.8. The molecule has 1 amide bonds. The first-order valence-electron chi connectivity index (χ1n) is 7.06. The Labute approximate surface area is 127 Å². The Morgan fingerprint density at radius 3 is 2.86 bits per heavy atom. The highest BCUT2D eigenvalue weighted by Crippen LogP contribution is 2.25. The summed E-state index contributed by atoms with van der Waals surface area (Å²) in [7, 11) is 0. The number of nitrogens with one attached hydrogen (secondary N) is 1. The van der Waals surface area contributed by atoms with Gasteiger partial charge in [-0.15, -0.1) is 5.10 Å². The van der Waals surface area contributed by atoms with Crippen LogP contribution in [0.4, 0.5) is 0 Å². The van der Waals surface area contributed by atoms with E-state index in [1.165, 1.54) is 31.0 Å². The van der Waals surface area contributed by atoms with E-state index in [1.54, 1.807) is 4.68 Å². The second kappa shape index (κ2) is 6.71. The fourth-order valence-electron chi connectivity index (χ4n) is 2.14. The number of carbonyl (C=O) groups is 1. The average molecular weight is 303 g/mol. The minimum Gasteiger partial charge on any atom is -0.355 e. The van der Waals surface area contributed by atoms with Crippen LogP contribution in [0.3, 0.4) is 0 Å². The molecule has 0 aliphatic heterocycles. The molecule has 3 rings (SSSR count). The molecule has 1 fully saturated rings. The van der Waals surface area contributed by atoms with Crippen molar-refractivity contribution in [3.8, 4) is 5.69 Å². The minimum atomic E-state index is 0.0366. The van der Waals surface area contributed by atoms with Gasteiger partial charge in [-0.3, -0.25) is 4.79 Å². The molecule has 21 heavy (non-hydrogen) atoms. The van der Waals surface area contributed by atoms with Gasteiger partial charge in [-0.25, -0.2) is 0 Å². The van der Waals surface area contributed by atoms with E-state index >= 15 is 0 Å². The monoisotopic (exact) mass is 303 g/mol. The Bertz CT molecular complexity index is 596. The molecule has 1 N–H and O–H groups in total. The van der Waals surface area contributed by atoms with Gasteiger partial charge in [0.1, 0.15) is 0 Å². The smallest absolute Gasteiger partial charge is 0.230 e.